The Kier molecular flexibility index (Phi) is 1.63. The fourth-order valence-electron chi connectivity index (χ4n) is 0.528. The van der Waals surface area contributed by atoms with E-state index in [9.17, 15) is 0 Å². The normalized spacial score (nSPS) is 31.7. The van der Waals surface area contributed by atoms with Gasteiger partial charge in [-0.15, -0.1) is 0 Å². The van der Waals surface area contributed by atoms with E-state index < -0.39 is 5.66 Å². The number of nitrogens with two attached hydrogens (primary N) is 1. The molecular weight excluding hydrogens is 128 g/mol. The van der Waals surface area contributed by atoms with Crippen LogP contribution >= 0.6 is 0 Å². The minimum atomic E-state index is -0.693. The maximum absolute atomic E-state index is 5.62. The van der Waals surface area contributed by atoms with E-state index in [1.165, 1.54) is 6.34 Å². The van der Waals surface area contributed by atoms with Crippen LogP contribution in [-0.2, 0) is 0 Å². The van der Waals surface area contributed by atoms with Gasteiger partial charge in [-0.25, -0.2) is 15.0 Å². The van der Waals surface area contributed by atoms with E-state index in [0.717, 1.165) is 0 Å². The summed E-state index contributed by atoms with van der Waals surface area (Å²) < 4.78 is 0. The molecule has 0 saturated heterocycles. The van der Waals surface area contributed by atoms with Crippen LogP contribution in [0.1, 0.15) is 13.8 Å². The van der Waals surface area contributed by atoms with E-state index in [4.69, 9.17) is 5.73 Å². The molecule has 0 spiro atoms. The van der Waals surface area contributed by atoms with E-state index in [-0.39, 0.29) is 0 Å². The van der Waals surface area contributed by atoms with Crippen molar-refractivity contribution in [3.63, 3.8) is 0 Å². The van der Waals surface area contributed by atoms with Gasteiger partial charge in [-0.05, 0) is 13.8 Å². The van der Waals surface area contributed by atoms with Crippen molar-refractivity contribution in [2.45, 2.75) is 19.5 Å². The van der Waals surface area contributed by atoms with Crippen LogP contribution in [0.25, 0.3) is 0 Å². The molecule has 1 aliphatic heterocycles. The van der Waals surface area contributed by atoms with E-state index in [0.29, 0.717) is 5.84 Å². The summed E-state index contributed by atoms with van der Waals surface area (Å²) in [6.45, 7) is 3.56. The molecule has 0 aromatic heterocycles. The first-order valence-electron chi connectivity index (χ1n) is 3.02. The van der Waals surface area contributed by atoms with Crippen molar-refractivity contribution >= 4 is 18.4 Å². The Labute approximate surface area is 59.6 Å². The average molecular weight is 138 g/mol. The maximum Gasteiger partial charge on any atom is 0.142 e. The molecule has 4 heteroatoms. The van der Waals surface area contributed by atoms with Crippen molar-refractivity contribution in [3.8, 4) is 0 Å². The third-order valence-electron chi connectivity index (χ3n) is 1.09. The molecule has 1 atom stereocenters. The summed E-state index contributed by atoms with van der Waals surface area (Å²) in [7, 11) is 0. The van der Waals surface area contributed by atoms with Gasteiger partial charge in [0.25, 0.3) is 0 Å². The predicted octanol–water partition coefficient (Wildman–Crippen LogP) is 0.192. The first-order valence-corrected chi connectivity index (χ1v) is 3.02. The monoisotopic (exact) mass is 138 g/mol. The summed E-state index contributed by atoms with van der Waals surface area (Å²) in [4.78, 5) is 11.7. The maximum atomic E-state index is 5.62. The van der Waals surface area contributed by atoms with E-state index in [1.54, 1.807) is 20.1 Å². The minimum absolute atomic E-state index is 0.679. The highest BCUT2D eigenvalue weighted by Crippen LogP contribution is 1.99. The molecule has 54 valence electrons. The molecule has 0 radical (unpaired) electrons. The summed E-state index contributed by atoms with van der Waals surface area (Å²) in [6.07, 6.45) is 3.01. The molecule has 4 nitrogen and oxygen atoms in total. The zero-order valence-electron chi connectivity index (χ0n) is 6.07. The molecule has 1 rings (SSSR count). The van der Waals surface area contributed by atoms with Gasteiger partial charge in [-0.1, -0.05) is 0 Å². The van der Waals surface area contributed by atoms with Gasteiger partial charge in [0.05, 0.1) is 0 Å². The van der Waals surface area contributed by atoms with Crippen LogP contribution in [0.2, 0.25) is 0 Å². The first kappa shape index (κ1) is 7.08. The van der Waals surface area contributed by atoms with Crippen molar-refractivity contribution in [1.29, 1.82) is 0 Å². The summed E-state index contributed by atoms with van der Waals surface area (Å²) >= 11 is 0. The fraction of sp³-hybridized carbons (Fsp3) is 0.500. The topological polar surface area (TPSA) is 63.1 Å². The second kappa shape index (κ2) is 2.30. The van der Waals surface area contributed by atoms with Crippen LogP contribution in [0.4, 0.5) is 0 Å². The quantitative estimate of drug-likeness (QED) is 0.510. The Balaban J connectivity index is 2.88. The molecule has 1 aliphatic rings. The number of nitrogens with zero attached hydrogens (tertiary/aromatic N) is 3. The highest BCUT2D eigenvalue weighted by molar-refractivity contribution is 5.96. The van der Waals surface area contributed by atoms with Crippen LogP contribution in [0.3, 0.4) is 0 Å². The largest absolute Gasteiger partial charge is 0.303 e. The Morgan fingerprint density at radius 3 is 3.00 bits per heavy atom. The molecule has 0 aromatic rings. The molecule has 2 N–H and O–H groups in total. The molecule has 0 aliphatic carbocycles. The molecule has 0 bridgehead atoms. The minimum Gasteiger partial charge on any atom is -0.303 e. The Hall–Kier alpha value is -1.03. The van der Waals surface area contributed by atoms with Gasteiger partial charge >= 0.3 is 0 Å². The SMILES string of the molecule is CC1=NC=NC(C)(N)C=N1. The number of amidine groups is 1. The lowest BCUT2D eigenvalue weighted by molar-refractivity contribution is 0.683. The molecule has 1 unspecified atom stereocenters. The Bertz CT molecular complexity index is 212. The number of hydrogen-bond donors (Lipinski definition) is 1. The summed E-state index contributed by atoms with van der Waals surface area (Å²) in [6, 6.07) is 0. The van der Waals surface area contributed by atoms with Gasteiger partial charge in [-0.3, -0.25) is 0 Å². The van der Waals surface area contributed by atoms with E-state index >= 15 is 0 Å². The lowest BCUT2D eigenvalue weighted by Gasteiger charge is -2.09. The Morgan fingerprint density at radius 2 is 2.30 bits per heavy atom. The van der Waals surface area contributed by atoms with Crippen molar-refractivity contribution in [2.24, 2.45) is 20.7 Å². The van der Waals surface area contributed by atoms with Crippen molar-refractivity contribution < 1.29 is 0 Å². The molecular formula is C6H10N4. The van der Waals surface area contributed by atoms with Crippen LogP contribution < -0.4 is 5.73 Å². The van der Waals surface area contributed by atoms with Crippen molar-refractivity contribution in [2.75, 3.05) is 0 Å². The van der Waals surface area contributed by atoms with Gasteiger partial charge in [0.1, 0.15) is 17.8 Å². The zero-order valence-corrected chi connectivity index (χ0v) is 6.07. The predicted molar refractivity (Wildman–Crippen MR) is 42.7 cm³/mol. The smallest absolute Gasteiger partial charge is 0.142 e. The van der Waals surface area contributed by atoms with Gasteiger partial charge in [0.2, 0.25) is 0 Å². The third kappa shape index (κ3) is 1.73. The number of rotatable bonds is 0. The number of hydrogen-bond acceptors (Lipinski definition) is 4. The lowest BCUT2D eigenvalue weighted by atomic mass is 10.3. The zero-order chi connectivity index (χ0) is 7.61. The van der Waals surface area contributed by atoms with Gasteiger partial charge in [0.15, 0.2) is 0 Å². The highest BCUT2D eigenvalue weighted by Gasteiger charge is 2.12. The number of aliphatic imine (C=N–C) groups is 3. The van der Waals surface area contributed by atoms with Crippen LogP contribution in [-0.4, -0.2) is 24.1 Å². The molecule has 10 heavy (non-hydrogen) atoms. The van der Waals surface area contributed by atoms with E-state index in [1.807, 2.05) is 0 Å². The highest BCUT2D eigenvalue weighted by atomic mass is 15.1. The molecule has 0 aromatic carbocycles. The fourth-order valence-corrected chi connectivity index (χ4v) is 0.528. The van der Waals surface area contributed by atoms with Gasteiger partial charge < -0.3 is 5.73 Å². The van der Waals surface area contributed by atoms with E-state index in [2.05, 4.69) is 15.0 Å². The molecule has 0 saturated carbocycles. The molecule has 0 fully saturated rings. The summed E-state index contributed by atoms with van der Waals surface area (Å²) in [5.41, 5.74) is 4.93. The second-order valence-corrected chi connectivity index (χ2v) is 2.40. The summed E-state index contributed by atoms with van der Waals surface area (Å²) in [5.74, 6) is 0.679. The van der Waals surface area contributed by atoms with Crippen molar-refractivity contribution in [1.82, 2.24) is 0 Å². The third-order valence-corrected chi connectivity index (χ3v) is 1.09. The second-order valence-electron chi connectivity index (χ2n) is 2.40. The standard InChI is InChI=1S/C6H10N4/c1-5-8-3-6(2,7)10-4-9-5/h3-4H,7H2,1-2H3. The van der Waals surface area contributed by atoms with Crippen molar-refractivity contribution in [3.05, 3.63) is 0 Å². The van der Waals surface area contributed by atoms with Gasteiger partial charge in [-0.2, -0.15) is 0 Å². The van der Waals surface area contributed by atoms with Crippen LogP contribution in [0.15, 0.2) is 15.0 Å². The van der Waals surface area contributed by atoms with Gasteiger partial charge in [0, 0.05) is 6.21 Å². The molecule has 0 amide bonds. The Morgan fingerprint density at radius 1 is 1.60 bits per heavy atom. The lowest BCUT2D eigenvalue weighted by Crippen LogP contribution is -2.35. The average Bonchev–Trinajstić information content (AvgIpc) is 1.94. The summed E-state index contributed by atoms with van der Waals surface area (Å²) in [5, 5.41) is 0. The van der Waals surface area contributed by atoms with Crippen LogP contribution in [0, 0.1) is 0 Å². The molecule has 1 heterocycles. The van der Waals surface area contributed by atoms with Crippen LogP contribution in [0.5, 0.6) is 0 Å². The first-order chi connectivity index (χ1) is 4.60.